The molecule has 10 heteroatoms. The van der Waals surface area contributed by atoms with Gasteiger partial charge >= 0.3 is 0 Å². The predicted molar refractivity (Wildman–Crippen MR) is 125 cm³/mol. The SMILES string of the molecule is COc1ccccc1N1CCN(C(=O)Cn2cnc3c(cnn3-c3ccc(F)cc3)c2=O)CC1. The van der Waals surface area contributed by atoms with Crippen molar-refractivity contribution >= 4 is 22.6 Å². The Hall–Kier alpha value is -4.21. The number of carbonyl (C=O) groups is 1. The van der Waals surface area contributed by atoms with Gasteiger partial charge in [0.05, 0.1) is 24.7 Å². The molecule has 1 saturated heterocycles. The lowest BCUT2D eigenvalue weighted by molar-refractivity contribution is -0.132. The maximum Gasteiger partial charge on any atom is 0.264 e. The van der Waals surface area contributed by atoms with E-state index in [1.54, 1.807) is 24.1 Å². The molecule has 0 aliphatic carbocycles. The van der Waals surface area contributed by atoms with Crippen molar-refractivity contribution in [1.29, 1.82) is 0 Å². The molecule has 2 aromatic heterocycles. The number of carbonyl (C=O) groups excluding carboxylic acids is 1. The Morgan fingerprint density at radius 1 is 1.06 bits per heavy atom. The molecule has 1 fully saturated rings. The summed E-state index contributed by atoms with van der Waals surface area (Å²) in [5.74, 6) is 0.293. The maximum absolute atomic E-state index is 13.2. The van der Waals surface area contributed by atoms with E-state index in [0.717, 1.165) is 11.4 Å². The molecule has 34 heavy (non-hydrogen) atoms. The fraction of sp³-hybridized carbons (Fsp3) is 0.250. The minimum Gasteiger partial charge on any atom is -0.495 e. The fourth-order valence-electron chi connectivity index (χ4n) is 4.17. The van der Waals surface area contributed by atoms with E-state index < -0.39 is 0 Å². The minimum atomic E-state index is -0.363. The summed E-state index contributed by atoms with van der Waals surface area (Å²) < 4.78 is 21.4. The van der Waals surface area contributed by atoms with Gasteiger partial charge in [-0.05, 0) is 36.4 Å². The molecule has 0 spiro atoms. The maximum atomic E-state index is 13.2. The van der Waals surface area contributed by atoms with Crippen LogP contribution in [-0.4, -0.2) is 63.4 Å². The second-order valence-electron chi connectivity index (χ2n) is 7.99. The van der Waals surface area contributed by atoms with Crippen LogP contribution in [-0.2, 0) is 11.3 Å². The standard InChI is InChI=1S/C24H23FN6O3/c1-34-21-5-3-2-4-20(21)28-10-12-29(13-11-28)22(32)15-30-16-26-23-19(24(30)33)14-27-31(23)18-8-6-17(25)7-9-18/h2-9,14,16H,10-13,15H2,1H3. The highest BCUT2D eigenvalue weighted by Crippen LogP contribution is 2.28. The quantitative estimate of drug-likeness (QED) is 0.452. The third-order valence-corrected chi connectivity index (χ3v) is 5.99. The van der Waals surface area contributed by atoms with Crippen LogP contribution in [0.3, 0.4) is 0 Å². The van der Waals surface area contributed by atoms with Crippen molar-refractivity contribution in [3.63, 3.8) is 0 Å². The van der Waals surface area contributed by atoms with Crippen molar-refractivity contribution in [2.75, 3.05) is 38.2 Å². The van der Waals surface area contributed by atoms with Crippen LogP contribution < -0.4 is 15.2 Å². The van der Waals surface area contributed by atoms with Crippen LogP contribution in [0.4, 0.5) is 10.1 Å². The topological polar surface area (TPSA) is 85.5 Å². The van der Waals surface area contributed by atoms with E-state index in [9.17, 15) is 14.0 Å². The van der Waals surface area contributed by atoms with Crippen LogP contribution in [0.2, 0.25) is 0 Å². The number of aromatic nitrogens is 4. The number of piperazine rings is 1. The van der Waals surface area contributed by atoms with Gasteiger partial charge in [-0.15, -0.1) is 0 Å². The Kier molecular flexibility index (Phi) is 5.70. The lowest BCUT2D eigenvalue weighted by atomic mass is 10.2. The summed E-state index contributed by atoms with van der Waals surface area (Å²) in [5, 5.41) is 4.52. The first kappa shape index (κ1) is 21.6. The van der Waals surface area contributed by atoms with E-state index >= 15 is 0 Å². The van der Waals surface area contributed by atoms with E-state index in [0.29, 0.717) is 42.9 Å². The average Bonchev–Trinajstić information content (AvgIpc) is 3.31. The van der Waals surface area contributed by atoms with Crippen LogP contribution in [0.1, 0.15) is 0 Å². The number of hydrogen-bond acceptors (Lipinski definition) is 6. The second kappa shape index (κ2) is 8.97. The lowest BCUT2D eigenvalue weighted by Crippen LogP contribution is -2.50. The van der Waals surface area contributed by atoms with E-state index in [4.69, 9.17) is 4.74 Å². The summed E-state index contributed by atoms with van der Waals surface area (Å²) in [6.07, 6.45) is 2.77. The number of anilines is 1. The largest absolute Gasteiger partial charge is 0.495 e. The van der Waals surface area contributed by atoms with Crippen LogP contribution >= 0.6 is 0 Å². The van der Waals surface area contributed by atoms with Gasteiger partial charge in [0.1, 0.15) is 29.8 Å². The number of benzene rings is 2. The summed E-state index contributed by atoms with van der Waals surface area (Å²) in [6.45, 7) is 2.33. The zero-order valence-electron chi connectivity index (χ0n) is 18.6. The second-order valence-corrected chi connectivity index (χ2v) is 7.99. The van der Waals surface area contributed by atoms with E-state index in [1.807, 2.05) is 24.3 Å². The average molecular weight is 462 g/mol. The Morgan fingerprint density at radius 3 is 2.53 bits per heavy atom. The highest BCUT2D eigenvalue weighted by Gasteiger charge is 2.23. The molecule has 174 valence electrons. The molecular formula is C24H23FN6O3. The first-order valence-corrected chi connectivity index (χ1v) is 10.9. The van der Waals surface area contributed by atoms with Crippen molar-refractivity contribution in [3.05, 3.63) is 77.2 Å². The Labute approximate surface area is 194 Å². The minimum absolute atomic E-state index is 0.0990. The Morgan fingerprint density at radius 2 is 1.79 bits per heavy atom. The molecule has 0 radical (unpaired) electrons. The summed E-state index contributed by atoms with van der Waals surface area (Å²) in [7, 11) is 1.64. The van der Waals surface area contributed by atoms with Crippen molar-refractivity contribution in [2.24, 2.45) is 0 Å². The van der Waals surface area contributed by atoms with E-state index in [2.05, 4.69) is 15.0 Å². The number of methoxy groups -OCH3 is 1. The first-order valence-electron chi connectivity index (χ1n) is 10.9. The Bertz CT molecular complexity index is 1390. The highest BCUT2D eigenvalue weighted by atomic mass is 19.1. The molecule has 1 aliphatic heterocycles. The van der Waals surface area contributed by atoms with Gasteiger partial charge in [0, 0.05) is 26.2 Å². The molecule has 0 N–H and O–H groups in total. The molecule has 3 heterocycles. The molecule has 1 aliphatic rings. The summed E-state index contributed by atoms with van der Waals surface area (Å²) in [5.41, 5.74) is 1.59. The van der Waals surface area contributed by atoms with Crippen molar-refractivity contribution in [3.8, 4) is 11.4 Å². The van der Waals surface area contributed by atoms with Crippen LogP contribution in [0.15, 0.2) is 65.8 Å². The number of para-hydroxylation sites is 2. The smallest absolute Gasteiger partial charge is 0.264 e. The number of fused-ring (bicyclic) bond motifs is 1. The van der Waals surface area contributed by atoms with Crippen molar-refractivity contribution in [1.82, 2.24) is 24.2 Å². The molecule has 0 saturated carbocycles. The molecule has 2 aromatic carbocycles. The van der Waals surface area contributed by atoms with Crippen LogP contribution in [0.25, 0.3) is 16.7 Å². The van der Waals surface area contributed by atoms with Crippen molar-refractivity contribution in [2.45, 2.75) is 6.54 Å². The number of halogens is 1. The van der Waals surface area contributed by atoms with E-state index in [1.165, 1.54) is 33.9 Å². The number of hydrogen-bond donors (Lipinski definition) is 0. The van der Waals surface area contributed by atoms with Crippen molar-refractivity contribution < 1.29 is 13.9 Å². The summed E-state index contributed by atoms with van der Waals surface area (Å²) >= 11 is 0. The Balaban J connectivity index is 1.29. The van der Waals surface area contributed by atoms with Gasteiger partial charge in [-0.25, -0.2) is 14.1 Å². The fourth-order valence-corrected chi connectivity index (χ4v) is 4.17. The molecule has 4 aromatic rings. The van der Waals surface area contributed by atoms with Gasteiger partial charge in [0.2, 0.25) is 5.91 Å². The number of nitrogens with zero attached hydrogens (tertiary/aromatic N) is 6. The molecule has 1 amide bonds. The zero-order chi connectivity index (χ0) is 23.7. The normalized spacial score (nSPS) is 13.9. The first-order chi connectivity index (χ1) is 16.5. The number of ether oxygens (including phenoxy) is 1. The van der Waals surface area contributed by atoms with Crippen LogP contribution in [0.5, 0.6) is 5.75 Å². The van der Waals surface area contributed by atoms with Crippen LogP contribution in [0, 0.1) is 5.82 Å². The molecular weight excluding hydrogens is 439 g/mol. The molecule has 9 nitrogen and oxygen atoms in total. The third kappa shape index (κ3) is 3.98. The van der Waals surface area contributed by atoms with Gasteiger partial charge in [-0.1, -0.05) is 12.1 Å². The number of rotatable bonds is 5. The van der Waals surface area contributed by atoms with Gasteiger partial charge in [0.25, 0.3) is 5.56 Å². The predicted octanol–water partition coefficient (Wildman–Crippen LogP) is 2.08. The zero-order valence-corrected chi connectivity index (χ0v) is 18.6. The third-order valence-electron chi connectivity index (χ3n) is 5.99. The molecule has 0 bridgehead atoms. The summed E-state index contributed by atoms with van der Waals surface area (Å²) in [4.78, 5) is 34.2. The highest BCUT2D eigenvalue weighted by molar-refractivity contribution is 5.78. The molecule has 0 atom stereocenters. The molecule has 0 unspecified atom stereocenters. The van der Waals surface area contributed by atoms with Gasteiger partial charge in [-0.2, -0.15) is 5.10 Å². The van der Waals surface area contributed by atoms with Gasteiger partial charge < -0.3 is 14.5 Å². The van der Waals surface area contributed by atoms with Gasteiger partial charge in [0.15, 0.2) is 5.65 Å². The number of amides is 1. The molecule has 5 rings (SSSR count). The monoisotopic (exact) mass is 462 g/mol. The van der Waals surface area contributed by atoms with E-state index in [-0.39, 0.29) is 23.8 Å². The summed E-state index contributed by atoms with van der Waals surface area (Å²) in [6, 6.07) is 13.6. The van der Waals surface area contributed by atoms with Gasteiger partial charge in [-0.3, -0.25) is 14.2 Å². The lowest BCUT2D eigenvalue weighted by Gasteiger charge is -2.36.